The minimum Gasteiger partial charge on any atom is -0.351 e. The molecule has 0 aliphatic carbocycles. The van der Waals surface area contributed by atoms with E-state index in [0.29, 0.717) is 18.0 Å². The fourth-order valence-corrected chi connectivity index (χ4v) is 2.68. The third-order valence-corrected chi connectivity index (χ3v) is 3.90. The van der Waals surface area contributed by atoms with Crippen LogP contribution in [0.25, 0.3) is 10.6 Å². The van der Waals surface area contributed by atoms with E-state index < -0.39 is 0 Å². The summed E-state index contributed by atoms with van der Waals surface area (Å²) < 4.78 is 0. The van der Waals surface area contributed by atoms with E-state index in [2.05, 4.69) is 10.3 Å². The van der Waals surface area contributed by atoms with Crippen molar-refractivity contribution in [2.24, 2.45) is 5.73 Å². The third kappa shape index (κ3) is 3.39. The minimum absolute atomic E-state index is 0.0642. The second-order valence-corrected chi connectivity index (χ2v) is 5.20. The highest BCUT2D eigenvalue weighted by Gasteiger charge is 2.15. The molecule has 2 rings (SSSR count). The molecule has 1 aromatic heterocycles. The van der Waals surface area contributed by atoms with Gasteiger partial charge in [-0.05, 0) is 19.9 Å². The van der Waals surface area contributed by atoms with Crippen LogP contribution in [-0.4, -0.2) is 24.0 Å². The van der Waals surface area contributed by atoms with Crippen molar-refractivity contribution in [3.8, 4) is 10.6 Å². The number of rotatable bonds is 5. The summed E-state index contributed by atoms with van der Waals surface area (Å²) >= 11 is 1.42. The number of aromatic nitrogens is 1. The lowest BCUT2D eigenvalue weighted by Gasteiger charge is -2.01. The zero-order valence-electron chi connectivity index (χ0n) is 10.8. The van der Waals surface area contributed by atoms with Crippen molar-refractivity contribution in [1.29, 1.82) is 0 Å². The molecule has 0 spiro atoms. The van der Waals surface area contributed by atoms with Gasteiger partial charge in [0.1, 0.15) is 9.88 Å². The van der Waals surface area contributed by atoms with Gasteiger partial charge >= 0.3 is 0 Å². The van der Waals surface area contributed by atoms with Crippen LogP contribution in [0.2, 0.25) is 0 Å². The molecular weight excluding hydrogens is 258 g/mol. The summed E-state index contributed by atoms with van der Waals surface area (Å²) in [4.78, 5) is 17.1. The van der Waals surface area contributed by atoms with Crippen molar-refractivity contribution in [3.05, 3.63) is 40.9 Å². The number of amides is 1. The van der Waals surface area contributed by atoms with Crippen molar-refractivity contribution in [2.75, 3.05) is 13.1 Å². The summed E-state index contributed by atoms with van der Waals surface area (Å²) in [5, 5.41) is 3.73. The summed E-state index contributed by atoms with van der Waals surface area (Å²) in [6.07, 6.45) is 0.787. The highest BCUT2D eigenvalue weighted by atomic mass is 32.1. The van der Waals surface area contributed by atoms with Crippen LogP contribution >= 0.6 is 11.3 Å². The van der Waals surface area contributed by atoms with E-state index in [-0.39, 0.29) is 5.91 Å². The maximum atomic E-state index is 12.0. The number of nitrogens with one attached hydrogen (secondary N) is 1. The van der Waals surface area contributed by atoms with Crippen molar-refractivity contribution in [3.63, 3.8) is 0 Å². The third-order valence-electron chi connectivity index (χ3n) is 2.69. The quantitative estimate of drug-likeness (QED) is 0.822. The highest BCUT2D eigenvalue weighted by molar-refractivity contribution is 7.17. The highest BCUT2D eigenvalue weighted by Crippen LogP contribution is 2.27. The van der Waals surface area contributed by atoms with Gasteiger partial charge in [0.25, 0.3) is 5.91 Å². The lowest BCUT2D eigenvalue weighted by atomic mass is 10.2. The predicted octanol–water partition coefficient (Wildman–Crippen LogP) is 2.20. The zero-order chi connectivity index (χ0) is 13.7. The van der Waals surface area contributed by atoms with Crippen LogP contribution in [0.5, 0.6) is 0 Å². The molecule has 0 saturated carbocycles. The lowest BCUT2D eigenvalue weighted by molar-refractivity contribution is 0.0957. The van der Waals surface area contributed by atoms with Gasteiger partial charge in [0.2, 0.25) is 0 Å². The van der Waals surface area contributed by atoms with E-state index in [1.165, 1.54) is 11.3 Å². The molecule has 1 heterocycles. The molecule has 0 saturated heterocycles. The van der Waals surface area contributed by atoms with Crippen molar-refractivity contribution < 1.29 is 4.79 Å². The zero-order valence-corrected chi connectivity index (χ0v) is 11.7. The van der Waals surface area contributed by atoms with E-state index in [4.69, 9.17) is 5.73 Å². The molecule has 0 radical (unpaired) electrons. The molecule has 5 heteroatoms. The van der Waals surface area contributed by atoms with Crippen molar-refractivity contribution in [1.82, 2.24) is 10.3 Å². The number of carbonyl (C=O) groups is 1. The molecule has 4 nitrogen and oxygen atoms in total. The molecule has 1 aromatic carbocycles. The molecule has 2 aromatic rings. The van der Waals surface area contributed by atoms with Gasteiger partial charge in [0, 0.05) is 12.1 Å². The van der Waals surface area contributed by atoms with E-state index in [9.17, 15) is 4.79 Å². The SMILES string of the molecule is Cc1nc(-c2ccccc2)sc1C(=O)NCCCN. The maximum Gasteiger partial charge on any atom is 0.263 e. The fourth-order valence-electron chi connectivity index (χ4n) is 1.70. The molecule has 1 amide bonds. The number of thiazole rings is 1. The molecule has 3 N–H and O–H groups in total. The number of carbonyl (C=O) groups excluding carboxylic acids is 1. The van der Waals surface area contributed by atoms with Crippen molar-refractivity contribution >= 4 is 17.2 Å². The molecule has 0 aliphatic heterocycles. The molecule has 0 bridgehead atoms. The maximum absolute atomic E-state index is 12.0. The van der Waals surface area contributed by atoms with Gasteiger partial charge in [0.15, 0.2) is 0 Å². The minimum atomic E-state index is -0.0642. The Balaban J connectivity index is 2.15. The van der Waals surface area contributed by atoms with Crippen LogP contribution in [0.3, 0.4) is 0 Å². The van der Waals surface area contributed by atoms with Crippen LogP contribution in [0, 0.1) is 6.92 Å². The first-order valence-corrected chi connectivity index (χ1v) is 7.05. The lowest BCUT2D eigenvalue weighted by Crippen LogP contribution is -2.25. The Hall–Kier alpha value is -1.72. The Morgan fingerprint density at radius 2 is 2.11 bits per heavy atom. The van der Waals surface area contributed by atoms with Gasteiger partial charge in [-0.1, -0.05) is 30.3 Å². The predicted molar refractivity (Wildman–Crippen MR) is 78.3 cm³/mol. The summed E-state index contributed by atoms with van der Waals surface area (Å²) in [5.74, 6) is -0.0642. The second-order valence-electron chi connectivity index (χ2n) is 4.20. The molecular formula is C14H17N3OS. The van der Waals surface area contributed by atoms with Crippen LogP contribution in [-0.2, 0) is 0 Å². The number of nitrogens with zero attached hydrogens (tertiary/aromatic N) is 1. The summed E-state index contributed by atoms with van der Waals surface area (Å²) in [5.41, 5.74) is 7.21. The van der Waals surface area contributed by atoms with Gasteiger partial charge in [-0.3, -0.25) is 4.79 Å². The summed E-state index contributed by atoms with van der Waals surface area (Å²) in [6.45, 7) is 3.05. The van der Waals surface area contributed by atoms with Gasteiger partial charge in [-0.25, -0.2) is 4.98 Å². The van der Waals surface area contributed by atoms with E-state index in [1.54, 1.807) is 0 Å². The Morgan fingerprint density at radius 3 is 2.79 bits per heavy atom. The average molecular weight is 275 g/mol. The number of nitrogens with two attached hydrogens (primary N) is 1. The van der Waals surface area contributed by atoms with Gasteiger partial charge in [0.05, 0.1) is 5.69 Å². The average Bonchev–Trinajstić information content (AvgIpc) is 2.82. The first-order chi connectivity index (χ1) is 9.22. The topological polar surface area (TPSA) is 68.0 Å². The number of aryl methyl sites for hydroxylation is 1. The number of hydrogen-bond acceptors (Lipinski definition) is 4. The van der Waals surface area contributed by atoms with Gasteiger partial charge in [-0.2, -0.15) is 0 Å². The first kappa shape index (κ1) is 13.7. The molecule has 0 fully saturated rings. The Morgan fingerprint density at radius 1 is 1.37 bits per heavy atom. The molecule has 0 atom stereocenters. The van der Waals surface area contributed by atoms with Crippen molar-refractivity contribution in [2.45, 2.75) is 13.3 Å². The molecule has 100 valence electrons. The smallest absolute Gasteiger partial charge is 0.263 e. The first-order valence-electron chi connectivity index (χ1n) is 6.23. The van der Waals surface area contributed by atoms with E-state index in [1.807, 2.05) is 37.3 Å². The number of hydrogen-bond donors (Lipinski definition) is 2. The van der Waals surface area contributed by atoms with Crippen LogP contribution in [0.1, 0.15) is 21.8 Å². The van der Waals surface area contributed by atoms with Crippen LogP contribution < -0.4 is 11.1 Å². The normalized spacial score (nSPS) is 10.4. The van der Waals surface area contributed by atoms with Gasteiger partial charge < -0.3 is 11.1 Å². The standard InChI is InChI=1S/C14H17N3OS/c1-10-12(13(18)16-9-5-8-15)19-14(17-10)11-6-3-2-4-7-11/h2-4,6-7H,5,8-9,15H2,1H3,(H,16,18). The Bertz CT molecular complexity index is 551. The van der Waals surface area contributed by atoms with Crippen LogP contribution in [0.4, 0.5) is 0 Å². The molecule has 0 aliphatic rings. The van der Waals surface area contributed by atoms with E-state index in [0.717, 1.165) is 22.7 Å². The summed E-state index contributed by atoms with van der Waals surface area (Å²) in [6, 6.07) is 9.88. The number of benzene rings is 1. The van der Waals surface area contributed by atoms with Crippen LogP contribution in [0.15, 0.2) is 30.3 Å². The molecule has 0 unspecified atom stereocenters. The van der Waals surface area contributed by atoms with E-state index >= 15 is 0 Å². The largest absolute Gasteiger partial charge is 0.351 e. The second kappa shape index (κ2) is 6.45. The fraction of sp³-hybridized carbons (Fsp3) is 0.286. The summed E-state index contributed by atoms with van der Waals surface area (Å²) in [7, 11) is 0. The monoisotopic (exact) mass is 275 g/mol. The Kier molecular flexibility index (Phi) is 4.65. The molecule has 19 heavy (non-hydrogen) atoms. The van der Waals surface area contributed by atoms with Gasteiger partial charge in [-0.15, -0.1) is 11.3 Å². The Labute approximate surface area is 116 Å².